The molecule has 0 aromatic carbocycles. The van der Waals surface area contributed by atoms with E-state index in [1.54, 1.807) is 0 Å². The molecule has 0 heterocycles. The molecule has 0 aliphatic heterocycles. The highest BCUT2D eigenvalue weighted by Crippen LogP contribution is 2.43. The van der Waals surface area contributed by atoms with E-state index in [2.05, 4.69) is 105 Å². The average molecular weight is 803 g/mol. The van der Waals surface area contributed by atoms with Crippen molar-refractivity contribution in [1.29, 1.82) is 0 Å². The lowest BCUT2D eigenvalue weighted by Crippen LogP contribution is -2.37. The first-order valence-electron chi connectivity index (χ1n) is 21.0. The Hall–Kier alpha value is -3.07. The highest BCUT2D eigenvalue weighted by atomic mass is 31.2. The molecular formula is C46H77NO8P+. The van der Waals surface area contributed by atoms with Gasteiger partial charge in [0.15, 0.2) is 6.10 Å². The standard InChI is InChI=1S/C46H76NO8P/c1-6-8-10-12-14-16-18-20-22-23-25-27-29-31-33-35-37-39-46(49)55-44(43-54-56(50,51)53-41-40-47(3,4)5)42-52-45(48)38-36-34-32-30-28-26-24-21-19-17-15-13-11-9-7-2/h8-11,14-17,20-22,24-25,27,31,33,44H,6-7,12-13,18-19,23,26,28-30,32,34-43H2,1-5H3/p+1/b10-8+,11-9+,16-14+,17-15+,22-20+,24-21+,27-25+,33-31+/t44-/m1/s1. The minimum absolute atomic E-state index is 0.0121. The van der Waals surface area contributed by atoms with Crippen LogP contribution in [0.5, 0.6) is 0 Å². The Morgan fingerprint density at radius 1 is 0.554 bits per heavy atom. The van der Waals surface area contributed by atoms with Crippen LogP contribution in [0.4, 0.5) is 0 Å². The van der Waals surface area contributed by atoms with Gasteiger partial charge in [-0.1, -0.05) is 130 Å². The number of phosphoric ester groups is 1. The van der Waals surface area contributed by atoms with Crippen LogP contribution in [0.25, 0.3) is 0 Å². The van der Waals surface area contributed by atoms with E-state index in [0.29, 0.717) is 30.3 Å². The number of unbranched alkanes of at least 4 members (excludes halogenated alkanes) is 6. The van der Waals surface area contributed by atoms with Crippen LogP contribution in [0.15, 0.2) is 97.2 Å². The van der Waals surface area contributed by atoms with Crippen molar-refractivity contribution >= 4 is 19.8 Å². The number of esters is 2. The van der Waals surface area contributed by atoms with Crippen LogP contribution >= 0.6 is 7.82 Å². The number of ether oxygens (including phenoxy) is 2. The predicted molar refractivity (Wildman–Crippen MR) is 233 cm³/mol. The molecule has 9 nitrogen and oxygen atoms in total. The number of carbonyl (C=O) groups is 2. The molecule has 0 radical (unpaired) electrons. The first kappa shape index (κ1) is 52.9. The maximum Gasteiger partial charge on any atom is 0.472 e. The second-order valence-corrected chi connectivity index (χ2v) is 16.1. The molecule has 0 amide bonds. The fraction of sp³-hybridized carbons (Fsp3) is 0.609. The molecule has 0 spiro atoms. The molecular weight excluding hydrogens is 725 g/mol. The first-order chi connectivity index (χ1) is 27.0. The summed E-state index contributed by atoms with van der Waals surface area (Å²) in [6.07, 6.45) is 48.9. The molecule has 56 heavy (non-hydrogen) atoms. The number of hydrogen-bond acceptors (Lipinski definition) is 7. The van der Waals surface area contributed by atoms with Crippen LogP contribution in [-0.4, -0.2) is 74.9 Å². The molecule has 318 valence electrons. The van der Waals surface area contributed by atoms with Gasteiger partial charge in [0, 0.05) is 12.8 Å². The van der Waals surface area contributed by atoms with Gasteiger partial charge in [-0.15, -0.1) is 0 Å². The van der Waals surface area contributed by atoms with E-state index < -0.39 is 32.5 Å². The largest absolute Gasteiger partial charge is 0.472 e. The summed E-state index contributed by atoms with van der Waals surface area (Å²) >= 11 is 0. The van der Waals surface area contributed by atoms with Crippen LogP contribution < -0.4 is 0 Å². The summed E-state index contributed by atoms with van der Waals surface area (Å²) in [7, 11) is 1.41. The van der Waals surface area contributed by atoms with Crippen molar-refractivity contribution in [3.63, 3.8) is 0 Å². The number of carbonyl (C=O) groups excluding carboxylic acids is 2. The van der Waals surface area contributed by atoms with E-state index in [1.165, 1.54) is 0 Å². The summed E-state index contributed by atoms with van der Waals surface area (Å²) in [4.78, 5) is 35.3. The topological polar surface area (TPSA) is 108 Å². The van der Waals surface area contributed by atoms with Crippen LogP contribution in [-0.2, 0) is 32.7 Å². The van der Waals surface area contributed by atoms with E-state index >= 15 is 0 Å². The highest BCUT2D eigenvalue weighted by Gasteiger charge is 2.27. The Kier molecular flexibility index (Phi) is 35.4. The monoisotopic (exact) mass is 803 g/mol. The average Bonchev–Trinajstić information content (AvgIpc) is 3.15. The summed E-state index contributed by atoms with van der Waals surface area (Å²) in [5.74, 6) is -0.899. The lowest BCUT2D eigenvalue weighted by molar-refractivity contribution is -0.870. The van der Waals surface area contributed by atoms with E-state index in [0.717, 1.165) is 83.5 Å². The Balaban J connectivity index is 4.54. The molecule has 0 aromatic heterocycles. The van der Waals surface area contributed by atoms with E-state index in [4.69, 9.17) is 18.5 Å². The van der Waals surface area contributed by atoms with Gasteiger partial charge >= 0.3 is 19.8 Å². The fourth-order valence-corrected chi connectivity index (χ4v) is 5.63. The maximum atomic E-state index is 12.7. The van der Waals surface area contributed by atoms with Crippen LogP contribution in [0.2, 0.25) is 0 Å². The number of phosphoric acid groups is 1. The van der Waals surface area contributed by atoms with E-state index in [-0.39, 0.29) is 26.1 Å². The number of rotatable bonds is 36. The van der Waals surface area contributed by atoms with Gasteiger partial charge in [-0.05, 0) is 83.5 Å². The number of likely N-dealkylation sites (N-methyl/N-ethyl adjacent to an activating group) is 1. The fourth-order valence-electron chi connectivity index (χ4n) is 4.88. The number of allylic oxidation sites excluding steroid dienone is 16. The van der Waals surface area contributed by atoms with Gasteiger partial charge in [0.2, 0.25) is 0 Å². The van der Waals surface area contributed by atoms with Crippen molar-refractivity contribution in [2.45, 2.75) is 136 Å². The third-order valence-corrected chi connectivity index (χ3v) is 9.09. The molecule has 0 saturated heterocycles. The van der Waals surface area contributed by atoms with Gasteiger partial charge in [0.1, 0.15) is 19.8 Å². The zero-order valence-corrected chi connectivity index (χ0v) is 36.5. The van der Waals surface area contributed by atoms with Gasteiger partial charge in [0.05, 0.1) is 27.7 Å². The lowest BCUT2D eigenvalue weighted by atomic mass is 10.1. The summed E-state index contributed by atoms with van der Waals surface area (Å²) < 4.78 is 34.2. The Bertz CT molecular complexity index is 1270. The lowest BCUT2D eigenvalue weighted by Gasteiger charge is -2.24. The molecule has 0 fully saturated rings. The number of quaternary nitrogens is 1. The van der Waals surface area contributed by atoms with E-state index in [1.807, 2.05) is 27.2 Å². The third kappa shape index (κ3) is 40.6. The van der Waals surface area contributed by atoms with Crippen LogP contribution in [0.3, 0.4) is 0 Å². The molecule has 1 unspecified atom stereocenters. The third-order valence-electron chi connectivity index (χ3n) is 8.11. The second kappa shape index (κ2) is 37.5. The smallest absolute Gasteiger partial charge is 0.462 e. The zero-order valence-electron chi connectivity index (χ0n) is 35.6. The van der Waals surface area contributed by atoms with Crippen molar-refractivity contribution in [3.05, 3.63) is 97.2 Å². The van der Waals surface area contributed by atoms with Gasteiger partial charge in [-0.3, -0.25) is 18.6 Å². The van der Waals surface area contributed by atoms with Crippen molar-refractivity contribution in [3.8, 4) is 0 Å². The summed E-state index contributed by atoms with van der Waals surface area (Å²) in [5.41, 5.74) is 0. The van der Waals surface area contributed by atoms with Crippen molar-refractivity contribution < 1.29 is 42.1 Å². The van der Waals surface area contributed by atoms with Crippen molar-refractivity contribution in [2.24, 2.45) is 0 Å². The molecule has 0 saturated carbocycles. The quantitative estimate of drug-likeness (QED) is 0.0219. The molecule has 10 heteroatoms. The second-order valence-electron chi connectivity index (χ2n) is 14.6. The molecule has 0 bridgehead atoms. The van der Waals surface area contributed by atoms with Crippen molar-refractivity contribution in [2.75, 3.05) is 47.5 Å². The Labute approximate surface area is 341 Å². The normalized spacial score (nSPS) is 14.6. The molecule has 2 atom stereocenters. The van der Waals surface area contributed by atoms with Crippen LogP contribution in [0, 0.1) is 0 Å². The van der Waals surface area contributed by atoms with Gasteiger partial charge in [-0.25, -0.2) is 4.57 Å². The highest BCUT2D eigenvalue weighted by molar-refractivity contribution is 7.47. The molecule has 1 N–H and O–H groups in total. The first-order valence-corrected chi connectivity index (χ1v) is 22.5. The summed E-state index contributed by atoms with van der Waals surface area (Å²) in [6.45, 7) is 4.07. The molecule has 0 aliphatic carbocycles. The Morgan fingerprint density at radius 2 is 0.982 bits per heavy atom. The van der Waals surface area contributed by atoms with Gasteiger partial charge < -0.3 is 18.9 Å². The predicted octanol–water partition coefficient (Wildman–Crippen LogP) is 11.8. The molecule has 0 rings (SSSR count). The van der Waals surface area contributed by atoms with Gasteiger partial charge in [-0.2, -0.15) is 0 Å². The van der Waals surface area contributed by atoms with Crippen molar-refractivity contribution in [1.82, 2.24) is 0 Å². The number of nitrogens with zero attached hydrogens (tertiary/aromatic N) is 1. The SMILES string of the molecule is CC/C=C/C/C=C/C/C=C/C/C=C/C/C=C/CCCC(=O)O[C@H](COC(=O)CCCCCCC/C=C/C/C=C/C/C=C/CC)COP(=O)(O)OCC[N+](C)(C)C. The maximum absolute atomic E-state index is 12.7. The number of hydrogen-bond donors (Lipinski definition) is 1. The minimum atomic E-state index is -4.40. The Morgan fingerprint density at radius 3 is 1.48 bits per heavy atom. The zero-order chi connectivity index (χ0) is 41.4. The summed E-state index contributed by atoms with van der Waals surface area (Å²) in [6, 6.07) is 0. The molecule has 0 aromatic rings. The van der Waals surface area contributed by atoms with Crippen LogP contribution in [0.1, 0.15) is 129 Å². The minimum Gasteiger partial charge on any atom is -0.462 e. The van der Waals surface area contributed by atoms with Gasteiger partial charge in [0.25, 0.3) is 0 Å². The van der Waals surface area contributed by atoms with E-state index in [9.17, 15) is 19.0 Å². The summed E-state index contributed by atoms with van der Waals surface area (Å²) in [5, 5.41) is 0. The molecule has 0 aliphatic rings.